The second-order valence-corrected chi connectivity index (χ2v) is 5.80. The maximum atomic E-state index is 12.6. The van der Waals surface area contributed by atoms with E-state index in [1.54, 1.807) is 10.9 Å². The second kappa shape index (κ2) is 5.33. The van der Waals surface area contributed by atoms with Crippen LogP contribution in [0.2, 0.25) is 0 Å². The zero-order valence-electron chi connectivity index (χ0n) is 11.5. The predicted octanol–water partition coefficient (Wildman–Crippen LogP) is 1.02. The molecular weight excluding hydrogens is 240 g/mol. The molecule has 1 aliphatic carbocycles. The van der Waals surface area contributed by atoms with Crippen LogP contribution in [0, 0.1) is 5.92 Å². The average Bonchev–Trinajstić information content (AvgIpc) is 3.18. The van der Waals surface area contributed by atoms with Crippen molar-refractivity contribution < 1.29 is 4.79 Å². The van der Waals surface area contributed by atoms with E-state index >= 15 is 0 Å². The third kappa shape index (κ3) is 2.97. The molecule has 1 saturated carbocycles. The summed E-state index contributed by atoms with van der Waals surface area (Å²) >= 11 is 0. The van der Waals surface area contributed by atoms with E-state index in [1.807, 2.05) is 13.2 Å². The Morgan fingerprint density at radius 3 is 2.95 bits per heavy atom. The molecule has 5 nitrogen and oxygen atoms in total. The van der Waals surface area contributed by atoms with Gasteiger partial charge in [0, 0.05) is 25.8 Å². The van der Waals surface area contributed by atoms with E-state index in [0.717, 1.165) is 38.0 Å². The molecule has 19 heavy (non-hydrogen) atoms. The van der Waals surface area contributed by atoms with Gasteiger partial charge in [0.05, 0.1) is 11.8 Å². The van der Waals surface area contributed by atoms with Crippen molar-refractivity contribution in [2.24, 2.45) is 13.0 Å². The summed E-state index contributed by atoms with van der Waals surface area (Å²) in [6, 6.07) is 0.467. The number of piperidine rings is 1. The molecule has 0 spiro atoms. The molecule has 0 bridgehead atoms. The van der Waals surface area contributed by atoms with Gasteiger partial charge in [-0.05, 0) is 44.7 Å². The van der Waals surface area contributed by atoms with E-state index in [9.17, 15) is 4.79 Å². The third-order valence-corrected chi connectivity index (χ3v) is 4.05. The fraction of sp³-hybridized carbons (Fsp3) is 0.714. The zero-order chi connectivity index (χ0) is 13.2. The van der Waals surface area contributed by atoms with Crippen LogP contribution in [0.15, 0.2) is 12.4 Å². The number of rotatable bonds is 4. The summed E-state index contributed by atoms with van der Waals surface area (Å²) in [4.78, 5) is 14.6. The fourth-order valence-electron chi connectivity index (χ4n) is 2.84. The average molecular weight is 262 g/mol. The molecule has 0 aromatic carbocycles. The molecule has 1 N–H and O–H groups in total. The van der Waals surface area contributed by atoms with Crippen LogP contribution in [0.4, 0.5) is 0 Å². The van der Waals surface area contributed by atoms with Gasteiger partial charge in [0.25, 0.3) is 5.91 Å². The van der Waals surface area contributed by atoms with Crippen LogP contribution in [-0.4, -0.2) is 46.3 Å². The Kier molecular flexibility index (Phi) is 3.55. The van der Waals surface area contributed by atoms with Crippen molar-refractivity contribution in [2.45, 2.75) is 31.7 Å². The number of carbonyl (C=O) groups excluding carboxylic acids is 1. The Hall–Kier alpha value is -1.36. The molecule has 1 saturated heterocycles. The maximum absolute atomic E-state index is 12.6. The third-order valence-electron chi connectivity index (χ3n) is 4.05. The summed E-state index contributed by atoms with van der Waals surface area (Å²) in [6.45, 7) is 3.06. The molecule has 1 unspecified atom stereocenters. The van der Waals surface area contributed by atoms with E-state index in [2.05, 4.69) is 15.3 Å². The van der Waals surface area contributed by atoms with Gasteiger partial charge in [-0.3, -0.25) is 9.48 Å². The summed E-state index contributed by atoms with van der Waals surface area (Å²) < 4.78 is 1.69. The van der Waals surface area contributed by atoms with Crippen molar-refractivity contribution >= 4 is 5.91 Å². The van der Waals surface area contributed by atoms with Gasteiger partial charge in [-0.15, -0.1) is 0 Å². The molecule has 1 aromatic rings. The number of hydrogen-bond acceptors (Lipinski definition) is 3. The van der Waals surface area contributed by atoms with Crippen LogP contribution >= 0.6 is 0 Å². The molecule has 1 atom stereocenters. The summed E-state index contributed by atoms with van der Waals surface area (Å²) in [6.07, 6.45) is 8.27. The highest BCUT2D eigenvalue weighted by atomic mass is 16.2. The van der Waals surface area contributed by atoms with E-state index in [-0.39, 0.29) is 5.91 Å². The van der Waals surface area contributed by atoms with Gasteiger partial charge in [-0.1, -0.05) is 0 Å². The van der Waals surface area contributed by atoms with Crippen LogP contribution in [0.25, 0.3) is 0 Å². The first kappa shape index (κ1) is 12.7. The normalized spacial score (nSPS) is 23.3. The van der Waals surface area contributed by atoms with Crippen molar-refractivity contribution in [2.75, 3.05) is 19.6 Å². The Morgan fingerprint density at radius 1 is 1.53 bits per heavy atom. The van der Waals surface area contributed by atoms with Crippen molar-refractivity contribution in [3.63, 3.8) is 0 Å². The lowest BCUT2D eigenvalue weighted by molar-refractivity contribution is 0.0704. The number of hydrogen-bond donors (Lipinski definition) is 1. The molecule has 0 radical (unpaired) electrons. The fourth-order valence-corrected chi connectivity index (χ4v) is 2.84. The Balaban J connectivity index is 1.68. The van der Waals surface area contributed by atoms with Crippen LogP contribution < -0.4 is 5.32 Å². The zero-order valence-corrected chi connectivity index (χ0v) is 11.5. The minimum absolute atomic E-state index is 0.154. The van der Waals surface area contributed by atoms with Crippen LogP contribution in [0.1, 0.15) is 36.0 Å². The molecule has 2 heterocycles. The quantitative estimate of drug-likeness (QED) is 0.881. The molecule has 1 amide bonds. The number of carbonyl (C=O) groups is 1. The van der Waals surface area contributed by atoms with E-state index < -0.39 is 0 Å². The summed E-state index contributed by atoms with van der Waals surface area (Å²) in [5.74, 6) is 0.760. The standard InChI is InChI=1S/C14H22N4O/c1-17-10-12(8-16-17)14(19)18(13-4-5-13)9-11-3-2-6-15-7-11/h8,10-11,13,15H,2-7,9H2,1H3. The van der Waals surface area contributed by atoms with Gasteiger partial charge in [0.15, 0.2) is 0 Å². The summed E-state index contributed by atoms with van der Waals surface area (Å²) in [5.41, 5.74) is 0.721. The van der Waals surface area contributed by atoms with E-state index in [1.165, 1.54) is 12.8 Å². The molecule has 5 heteroatoms. The van der Waals surface area contributed by atoms with Crippen LogP contribution in [0.3, 0.4) is 0 Å². The van der Waals surface area contributed by atoms with E-state index in [4.69, 9.17) is 0 Å². The number of aryl methyl sites for hydroxylation is 1. The Morgan fingerprint density at radius 2 is 2.37 bits per heavy atom. The van der Waals surface area contributed by atoms with Crippen LogP contribution in [-0.2, 0) is 7.05 Å². The second-order valence-electron chi connectivity index (χ2n) is 5.80. The van der Waals surface area contributed by atoms with Gasteiger partial charge in [0.2, 0.25) is 0 Å². The number of aromatic nitrogens is 2. The van der Waals surface area contributed by atoms with Crippen molar-refractivity contribution in [1.29, 1.82) is 0 Å². The minimum atomic E-state index is 0.154. The first-order chi connectivity index (χ1) is 9.24. The maximum Gasteiger partial charge on any atom is 0.257 e. The Labute approximate surface area is 114 Å². The largest absolute Gasteiger partial charge is 0.335 e. The van der Waals surface area contributed by atoms with Crippen molar-refractivity contribution in [3.05, 3.63) is 18.0 Å². The molecule has 1 aromatic heterocycles. The van der Waals surface area contributed by atoms with Gasteiger partial charge in [-0.25, -0.2) is 0 Å². The highest BCUT2D eigenvalue weighted by Crippen LogP contribution is 2.29. The van der Waals surface area contributed by atoms with E-state index in [0.29, 0.717) is 12.0 Å². The lowest BCUT2D eigenvalue weighted by atomic mass is 9.99. The van der Waals surface area contributed by atoms with Crippen molar-refractivity contribution in [3.8, 4) is 0 Å². The van der Waals surface area contributed by atoms with Gasteiger partial charge < -0.3 is 10.2 Å². The molecule has 1 aliphatic heterocycles. The highest BCUT2D eigenvalue weighted by molar-refractivity contribution is 5.94. The van der Waals surface area contributed by atoms with Crippen molar-refractivity contribution in [1.82, 2.24) is 20.0 Å². The monoisotopic (exact) mass is 262 g/mol. The molecule has 104 valence electrons. The molecule has 3 rings (SSSR count). The van der Waals surface area contributed by atoms with Crippen LogP contribution in [0.5, 0.6) is 0 Å². The molecular formula is C14H22N4O. The Bertz CT molecular complexity index is 446. The van der Waals surface area contributed by atoms with Gasteiger partial charge in [-0.2, -0.15) is 5.10 Å². The summed E-state index contributed by atoms with van der Waals surface area (Å²) in [5, 5.41) is 7.53. The summed E-state index contributed by atoms with van der Waals surface area (Å²) in [7, 11) is 1.85. The number of nitrogens with one attached hydrogen (secondary N) is 1. The lowest BCUT2D eigenvalue weighted by Gasteiger charge is -2.30. The highest BCUT2D eigenvalue weighted by Gasteiger charge is 2.35. The lowest BCUT2D eigenvalue weighted by Crippen LogP contribution is -2.42. The smallest absolute Gasteiger partial charge is 0.257 e. The predicted molar refractivity (Wildman–Crippen MR) is 72.9 cm³/mol. The topological polar surface area (TPSA) is 50.2 Å². The molecule has 2 aliphatic rings. The SMILES string of the molecule is Cn1cc(C(=O)N(CC2CCCNC2)C2CC2)cn1. The number of nitrogens with zero attached hydrogens (tertiary/aromatic N) is 3. The molecule has 2 fully saturated rings. The first-order valence-electron chi connectivity index (χ1n) is 7.24. The first-order valence-corrected chi connectivity index (χ1v) is 7.24. The minimum Gasteiger partial charge on any atom is -0.335 e. The van der Waals surface area contributed by atoms with Gasteiger partial charge >= 0.3 is 0 Å². The number of amides is 1. The van der Waals surface area contributed by atoms with Gasteiger partial charge in [0.1, 0.15) is 0 Å².